The van der Waals surface area contributed by atoms with E-state index in [9.17, 15) is 9.18 Å². The third-order valence-electron chi connectivity index (χ3n) is 1.62. The molecule has 5 heteroatoms. The van der Waals surface area contributed by atoms with E-state index in [1.165, 1.54) is 12.1 Å². The third-order valence-corrected chi connectivity index (χ3v) is 2.48. The van der Waals surface area contributed by atoms with Crippen LogP contribution in [0.3, 0.4) is 0 Å². The molecule has 0 unspecified atom stereocenters. The normalized spacial score (nSPS) is 9.50. The van der Waals surface area contributed by atoms with Crippen molar-refractivity contribution in [2.24, 2.45) is 0 Å². The summed E-state index contributed by atoms with van der Waals surface area (Å²) >= 11 is 2.91. The summed E-state index contributed by atoms with van der Waals surface area (Å²) in [6, 6.07) is 4.34. The fraction of sp³-hybridized carbons (Fsp3) is 0.111. The van der Waals surface area contributed by atoms with Gasteiger partial charge in [-0.15, -0.1) is 0 Å². The number of rotatable bonds is 2. The van der Waals surface area contributed by atoms with E-state index in [4.69, 9.17) is 10.4 Å². The summed E-state index contributed by atoms with van der Waals surface area (Å²) in [6.07, 6.45) is -0.275. The highest BCUT2D eigenvalue weighted by Crippen LogP contribution is 2.23. The average Bonchev–Trinajstić information content (AvgIpc) is 2.13. The number of hydrogen-bond acceptors (Lipinski definition) is 2. The van der Waals surface area contributed by atoms with E-state index in [1.54, 1.807) is 6.07 Å². The summed E-state index contributed by atoms with van der Waals surface area (Å²) in [7, 11) is 0. The Labute approximate surface area is 87.9 Å². The van der Waals surface area contributed by atoms with Gasteiger partial charge >= 0.3 is 5.97 Å². The summed E-state index contributed by atoms with van der Waals surface area (Å²) in [5.41, 5.74) is 0.208. The second-order valence-corrected chi connectivity index (χ2v) is 3.38. The van der Waals surface area contributed by atoms with Gasteiger partial charge in [0.05, 0.1) is 16.5 Å². The van der Waals surface area contributed by atoms with Crippen LogP contribution >= 0.6 is 15.9 Å². The smallest absolute Gasteiger partial charge is 0.307 e. The number of aliphatic carboxylic acids is 1. The van der Waals surface area contributed by atoms with E-state index in [2.05, 4.69) is 15.9 Å². The molecule has 0 atom stereocenters. The summed E-state index contributed by atoms with van der Waals surface area (Å²) in [5.74, 6) is -1.76. The molecular weight excluding hydrogens is 253 g/mol. The van der Waals surface area contributed by atoms with Crippen LogP contribution in [0, 0.1) is 17.1 Å². The molecule has 0 radical (unpaired) electrons. The van der Waals surface area contributed by atoms with E-state index in [1.807, 2.05) is 0 Å². The fourth-order valence-corrected chi connectivity index (χ4v) is 1.46. The Bertz CT molecular complexity index is 426. The number of hydrogen-bond donors (Lipinski definition) is 1. The Kier molecular flexibility index (Phi) is 3.20. The van der Waals surface area contributed by atoms with Crippen molar-refractivity contribution in [1.29, 1.82) is 5.26 Å². The third kappa shape index (κ3) is 2.09. The van der Waals surface area contributed by atoms with E-state index in [-0.39, 0.29) is 16.5 Å². The van der Waals surface area contributed by atoms with Gasteiger partial charge in [0.25, 0.3) is 0 Å². The molecule has 0 bridgehead atoms. The van der Waals surface area contributed by atoms with Crippen LogP contribution in [0.5, 0.6) is 0 Å². The number of nitriles is 1. The number of carboxylic acid groups (broad SMARTS) is 1. The second kappa shape index (κ2) is 4.20. The van der Waals surface area contributed by atoms with Crippen molar-refractivity contribution in [3.05, 3.63) is 33.5 Å². The topological polar surface area (TPSA) is 61.1 Å². The minimum atomic E-state index is -1.05. The fourth-order valence-electron chi connectivity index (χ4n) is 0.975. The zero-order valence-corrected chi connectivity index (χ0v) is 8.51. The van der Waals surface area contributed by atoms with Crippen molar-refractivity contribution < 1.29 is 14.3 Å². The van der Waals surface area contributed by atoms with Gasteiger partial charge in [0.15, 0.2) is 5.82 Å². The lowest BCUT2D eigenvalue weighted by molar-refractivity contribution is -0.136. The number of benzene rings is 1. The monoisotopic (exact) mass is 257 g/mol. The lowest BCUT2D eigenvalue weighted by atomic mass is 10.1. The molecule has 0 spiro atoms. The second-order valence-electron chi connectivity index (χ2n) is 2.58. The van der Waals surface area contributed by atoms with Crippen LogP contribution in [-0.4, -0.2) is 11.1 Å². The lowest BCUT2D eigenvalue weighted by Gasteiger charge is -2.03. The van der Waals surface area contributed by atoms with E-state index in [0.717, 1.165) is 0 Å². The molecule has 0 saturated heterocycles. The van der Waals surface area contributed by atoms with Crippen molar-refractivity contribution in [3.8, 4) is 6.07 Å². The van der Waals surface area contributed by atoms with Crippen LogP contribution < -0.4 is 0 Å². The maximum absolute atomic E-state index is 13.3. The summed E-state index contributed by atoms with van der Waals surface area (Å²) < 4.78 is 13.3. The molecule has 1 aromatic carbocycles. The number of halogens is 2. The highest BCUT2D eigenvalue weighted by Gasteiger charge is 2.12. The van der Waals surface area contributed by atoms with Crippen LogP contribution in [0.2, 0.25) is 0 Å². The van der Waals surface area contributed by atoms with Crippen LogP contribution in [0.15, 0.2) is 16.6 Å². The molecule has 14 heavy (non-hydrogen) atoms. The minimum absolute atomic E-state index is 0.0407. The van der Waals surface area contributed by atoms with Crippen molar-refractivity contribution in [1.82, 2.24) is 0 Å². The van der Waals surface area contributed by atoms with Crippen LogP contribution in [0.4, 0.5) is 4.39 Å². The van der Waals surface area contributed by atoms with Crippen molar-refractivity contribution in [3.63, 3.8) is 0 Å². The Balaban J connectivity index is 3.18. The molecule has 1 aromatic rings. The molecular formula is C9H5BrFNO2. The summed E-state index contributed by atoms with van der Waals surface area (Å²) in [4.78, 5) is 10.4. The lowest BCUT2D eigenvalue weighted by Crippen LogP contribution is -2.02. The molecule has 1 rings (SSSR count). The largest absolute Gasteiger partial charge is 0.481 e. The van der Waals surface area contributed by atoms with Crippen molar-refractivity contribution in [2.75, 3.05) is 0 Å². The Hall–Kier alpha value is -1.41. The number of carbonyl (C=O) groups is 1. The Morgan fingerprint density at radius 2 is 2.29 bits per heavy atom. The molecule has 0 fully saturated rings. The standard InChI is InChI=1S/C9H5BrFNO2/c10-8-5(3-7(13)14)1-2-6(4-12)9(8)11/h1-2H,3H2,(H,13,14). The molecule has 0 amide bonds. The van der Waals surface area contributed by atoms with Gasteiger partial charge < -0.3 is 5.11 Å². The Morgan fingerprint density at radius 1 is 1.64 bits per heavy atom. The van der Waals surface area contributed by atoms with Crippen LogP contribution in [0.25, 0.3) is 0 Å². The van der Waals surface area contributed by atoms with Gasteiger partial charge in [-0.05, 0) is 27.6 Å². The molecule has 0 saturated carbocycles. The first-order valence-corrected chi connectivity index (χ1v) is 4.44. The molecule has 0 heterocycles. The van der Waals surface area contributed by atoms with E-state index < -0.39 is 11.8 Å². The quantitative estimate of drug-likeness (QED) is 0.883. The van der Waals surface area contributed by atoms with Gasteiger partial charge in [-0.2, -0.15) is 5.26 Å². The molecule has 0 aliphatic heterocycles. The zero-order valence-electron chi connectivity index (χ0n) is 6.92. The van der Waals surface area contributed by atoms with Gasteiger partial charge in [-0.1, -0.05) is 6.07 Å². The number of carboxylic acids is 1. The molecule has 0 aromatic heterocycles. The molecule has 3 nitrogen and oxygen atoms in total. The summed E-state index contributed by atoms with van der Waals surface area (Å²) in [5, 5.41) is 17.0. The number of nitrogens with zero attached hydrogens (tertiary/aromatic N) is 1. The van der Waals surface area contributed by atoms with Gasteiger partial charge in [-0.25, -0.2) is 4.39 Å². The average molecular weight is 258 g/mol. The Morgan fingerprint density at radius 3 is 2.79 bits per heavy atom. The van der Waals surface area contributed by atoms with Gasteiger partial charge in [-0.3, -0.25) is 4.79 Å². The first-order chi connectivity index (χ1) is 6.56. The SMILES string of the molecule is N#Cc1ccc(CC(=O)O)c(Br)c1F. The van der Waals surface area contributed by atoms with Gasteiger partial charge in [0, 0.05) is 0 Å². The predicted molar refractivity (Wildman–Crippen MR) is 50.2 cm³/mol. The predicted octanol–water partition coefficient (Wildman–Crippen LogP) is 2.09. The minimum Gasteiger partial charge on any atom is -0.481 e. The van der Waals surface area contributed by atoms with Crippen LogP contribution in [-0.2, 0) is 11.2 Å². The first-order valence-electron chi connectivity index (χ1n) is 3.65. The maximum atomic E-state index is 13.3. The first kappa shape index (κ1) is 10.7. The van der Waals surface area contributed by atoms with Crippen LogP contribution in [0.1, 0.15) is 11.1 Å². The maximum Gasteiger partial charge on any atom is 0.307 e. The molecule has 72 valence electrons. The van der Waals surface area contributed by atoms with E-state index in [0.29, 0.717) is 5.56 Å². The molecule has 0 aliphatic carbocycles. The van der Waals surface area contributed by atoms with Gasteiger partial charge in [0.2, 0.25) is 0 Å². The van der Waals surface area contributed by atoms with Crippen molar-refractivity contribution in [2.45, 2.75) is 6.42 Å². The summed E-state index contributed by atoms with van der Waals surface area (Å²) in [6.45, 7) is 0. The highest BCUT2D eigenvalue weighted by atomic mass is 79.9. The van der Waals surface area contributed by atoms with Crippen molar-refractivity contribution >= 4 is 21.9 Å². The molecule has 0 aliphatic rings. The molecule has 1 N–H and O–H groups in total. The van der Waals surface area contributed by atoms with E-state index >= 15 is 0 Å². The van der Waals surface area contributed by atoms with Gasteiger partial charge in [0.1, 0.15) is 6.07 Å². The highest BCUT2D eigenvalue weighted by molar-refractivity contribution is 9.10. The zero-order chi connectivity index (χ0) is 10.7.